The molecular formula is C19H19F3N2O3S. The van der Waals surface area contributed by atoms with Crippen LogP contribution in [0, 0.1) is 0 Å². The van der Waals surface area contributed by atoms with Crippen molar-refractivity contribution in [3.63, 3.8) is 0 Å². The topological polar surface area (TPSA) is 66.5 Å². The third-order valence-corrected chi connectivity index (χ3v) is 6.20. The first kappa shape index (κ1) is 20.3. The van der Waals surface area contributed by atoms with Crippen LogP contribution in [0.5, 0.6) is 0 Å². The van der Waals surface area contributed by atoms with Gasteiger partial charge in [-0.2, -0.15) is 17.5 Å². The number of alkyl halides is 3. The van der Waals surface area contributed by atoms with E-state index in [0.29, 0.717) is 17.2 Å². The van der Waals surface area contributed by atoms with Crippen LogP contribution in [0.1, 0.15) is 34.3 Å². The van der Waals surface area contributed by atoms with Gasteiger partial charge in [0.15, 0.2) is 0 Å². The van der Waals surface area contributed by atoms with Gasteiger partial charge < -0.3 is 5.32 Å². The lowest BCUT2D eigenvalue weighted by atomic mass is 10.1. The Morgan fingerprint density at radius 3 is 2.36 bits per heavy atom. The summed E-state index contributed by atoms with van der Waals surface area (Å²) in [5.74, 6) is -0.181. The molecule has 1 aliphatic carbocycles. The van der Waals surface area contributed by atoms with E-state index in [0.717, 1.165) is 35.3 Å². The molecule has 1 amide bonds. The molecule has 3 rings (SSSR count). The summed E-state index contributed by atoms with van der Waals surface area (Å²) in [6.07, 6.45) is -2.68. The van der Waals surface area contributed by atoms with Gasteiger partial charge in [0.05, 0.1) is 10.5 Å². The van der Waals surface area contributed by atoms with E-state index in [4.69, 9.17) is 0 Å². The maximum atomic E-state index is 12.8. The molecule has 1 aliphatic rings. The predicted octanol–water partition coefficient (Wildman–Crippen LogP) is 3.42. The SMILES string of the molecule is CN(Cc1ccc(C(=O)NC2CC2)cc1)S(=O)(=O)c1cccc(C(F)(F)F)c1. The minimum absolute atomic E-state index is 0.0386. The monoisotopic (exact) mass is 412 g/mol. The molecule has 0 radical (unpaired) electrons. The molecule has 2 aromatic rings. The predicted molar refractivity (Wildman–Crippen MR) is 97.0 cm³/mol. The molecule has 0 bridgehead atoms. The van der Waals surface area contributed by atoms with Gasteiger partial charge in [0.1, 0.15) is 0 Å². The number of rotatable bonds is 6. The third kappa shape index (κ3) is 4.71. The molecule has 9 heteroatoms. The van der Waals surface area contributed by atoms with Crippen molar-refractivity contribution < 1.29 is 26.4 Å². The minimum atomic E-state index is -4.62. The molecule has 1 saturated carbocycles. The summed E-state index contributed by atoms with van der Waals surface area (Å²) in [5.41, 5.74) is 0.0630. The van der Waals surface area contributed by atoms with Gasteiger partial charge in [-0.1, -0.05) is 18.2 Å². The maximum absolute atomic E-state index is 12.8. The zero-order valence-electron chi connectivity index (χ0n) is 15.0. The Balaban J connectivity index is 1.72. The highest BCUT2D eigenvalue weighted by atomic mass is 32.2. The van der Waals surface area contributed by atoms with E-state index in [2.05, 4.69) is 5.32 Å². The fraction of sp³-hybridized carbons (Fsp3) is 0.316. The van der Waals surface area contributed by atoms with Gasteiger partial charge in [0.2, 0.25) is 10.0 Å². The zero-order chi connectivity index (χ0) is 20.5. The zero-order valence-corrected chi connectivity index (χ0v) is 15.8. The summed E-state index contributed by atoms with van der Waals surface area (Å²) >= 11 is 0. The molecule has 150 valence electrons. The highest BCUT2D eigenvalue weighted by Crippen LogP contribution is 2.31. The van der Waals surface area contributed by atoms with Gasteiger partial charge in [-0.05, 0) is 48.7 Å². The molecule has 2 aromatic carbocycles. The van der Waals surface area contributed by atoms with Crippen molar-refractivity contribution >= 4 is 15.9 Å². The van der Waals surface area contributed by atoms with E-state index in [-0.39, 0.29) is 18.5 Å². The Morgan fingerprint density at radius 2 is 1.79 bits per heavy atom. The van der Waals surface area contributed by atoms with Gasteiger partial charge in [0.25, 0.3) is 5.91 Å². The number of hydrogen-bond donors (Lipinski definition) is 1. The van der Waals surface area contributed by atoms with Crippen molar-refractivity contribution in [1.29, 1.82) is 0 Å². The molecule has 0 unspecified atom stereocenters. The van der Waals surface area contributed by atoms with Gasteiger partial charge >= 0.3 is 6.18 Å². The van der Waals surface area contributed by atoms with Crippen LogP contribution < -0.4 is 5.32 Å². The fourth-order valence-corrected chi connectivity index (χ4v) is 3.82. The normalized spacial score (nSPS) is 14.9. The highest BCUT2D eigenvalue weighted by molar-refractivity contribution is 7.89. The number of halogens is 3. The molecule has 0 saturated heterocycles. The largest absolute Gasteiger partial charge is 0.416 e. The van der Waals surface area contributed by atoms with Crippen LogP contribution >= 0.6 is 0 Å². The summed E-state index contributed by atoms with van der Waals surface area (Å²) in [5, 5.41) is 2.86. The average molecular weight is 412 g/mol. The third-order valence-electron chi connectivity index (χ3n) is 4.40. The lowest BCUT2D eigenvalue weighted by molar-refractivity contribution is -0.137. The Labute approximate surface area is 161 Å². The molecule has 1 fully saturated rings. The van der Waals surface area contributed by atoms with Crippen LogP contribution in [0.25, 0.3) is 0 Å². The summed E-state index contributed by atoms with van der Waals surface area (Å²) in [7, 11) is -2.81. The molecule has 5 nitrogen and oxygen atoms in total. The molecule has 0 heterocycles. The first-order valence-corrected chi connectivity index (χ1v) is 10.0. The van der Waals surface area contributed by atoms with E-state index in [1.807, 2.05) is 0 Å². The van der Waals surface area contributed by atoms with Crippen LogP contribution in [0.2, 0.25) is 0 Å². The first-order valence-electron chi connectivity index (χ1n) is 8.61. The Morgan fingerprint density at radius 1 is 1.14 bits per heavy atom. The summed E-state index contributed by atoms with van der Waals surface area (Å²) < 4.78 is 64.7. The Hall–Kier alpha value is -2.39. The van der Waals surface area contributed by atoms with Crippen molar-refractivity contribution in [3.8, 4) is 0 Å². The van der Waals surface area contributed by atoms with Gasteiger partial charge in [-0.25, -0.2) is 8.42 Å². The number of carbonyl (C=O) groups excluding carboxylic acids is 1. The second kappa shape index (κ2) is 7.56. The lowest BCUT2D eigenvalue weighted by Crippen LogP contribution is -2.27. The van der Waals surface area contributed by atoms with Crippen LogP contribution in [0.3, 0.4) is 0 Å². The average Bonchev–Trinajstić information content (AvgIpc) is 3.45. The van der Waals surface area contributed by atoms with Crippen LogP contribution in [-0.4, -0.2) is 31.7 Å². The van der Waals surface area contributed by atoms with Gasteiger partial charge in [-0.3, -0.25) is 4.79 Å². The molecular weight excluding hydrogens is 393 g/mol. The molecule has 0 atom stereocenters. The minimum Gasteiger partial charge on any atom is -0.349 e. The molecule has 0 aliphatic heterocycles. The van der Waals surface area contributed by atoms with E-state index < -0.39 is 26.7 Å². The number of amides is 1. The van der Waals surface area contributed by atoms with Crippen molar-refractivity contribution in [2.24, 2.45) is 0 Å². The highest BCUT2D eigenvalue weighted by Gasteiger charge is 2.32. The summed E-state index contributed by atoms with van der Waals surface area (Å²) in [6, 6.07) is 10.3. The first-order chi connectivity index (χ1) is 13.1. The molecule has 0 aromatic heterocycles. The van der Waals surface area contributed by atoms with Crippen molar-refractivity contribution in [3.05, 3.63) is 65.2 Å². The number of hydrogen-bond acceptors (Lipinski definition) is 3. The molecule has 0 spiro atoms. The summed E-state index contributed by atoms with van der Waals surface area (Å²) in [6.45, 7) is -0.0386. The van der Waals surface area contributed by atoms with E-state index >= 15 is 0 Å². The van der Waals surface area contributed by atoms with Crippen LogP contribution in [0.15, 0.2) is 53.4 Å². The van der Waals surface area contributed by atoms with Crippen LogP contribution in [0.4, 0.5) is 13.2 Å². The Kier molecular flexibility index (Phi) is 5.49. The van der Waals surface area contributed by atoms with Gasteiger partial charge in [-0.15, -0.1) is 0 Å². The van der Waals surface area contributed by atoms with Crippen molar-refractivity contribution in [2.45, 2.75) is 36.5 Å². The number of sulfonamides is 1. The van der Waals surface area contributed by atoms with E-state index in [9.17, 15) is 26.4 Å². The number of nitrogens with one attached hydrogen (secondary N) is 1. The number of nitrogens with zero attached hydrogens (tertiary/aromatic N) is 1. The number of carbonyl (C=O) groups is 1. The summed E-state index contributed by atoms with van der Waals surface area (Å²) in [4.78, 5) is 11.6. The standard InChI is InChI=1S/C19H19F3N2O3S/c1-24(28(26,27)17-4-2-3-15(11-17)19(20,21)22)12-13-5-7-14(8-6-13)18(25)23-16-9-10-16/h2-8,11,16H,9-10,12H2,1H3,(H,23,25). The van der Waals surface area contributed by atoms with Gasteiger partial charge in [0, 0.05) is 25.2 Å². The van der Waals surface area contributed by atoms with E-state index in [1.165, 1.54) is 7.05 Å². The van der Waals surface area contributed by atoms with Crippen LogP contribution in [-0.2, 0) is 22.7 Å². The maximum Gasteiger partial charge on any atom is 0.416 e. The Bertz CT molecular complexity index is 969. The molecule has 1 N–H and O–H groups in total. The second-order valence-corrected chi connectivity index (χ2v) is 8.78. The lowest BCUT2D eigenvalue weighted by Gasteiger charge is -2.18. The van der Waals surface area contributed by atoms with Crippen molar-refractivity contribution in [2.75, 3.05) is 7.05 Å². The van der Waals surface area contributed by atoms with Crippen molar-refractivity contribution in [1.82, 2.24) is 9.62 Å². The number of benzene rings is 2. The molecule has 28 heavy (non-hydrogen) atoms. The second-order valence-electron chi connectivity index (χ2n) is 6.73. The smallest absolute Gasteiger partial charge is 0.349 e. The van der Waals surface area contributed by atoms with E-state index in [1.54, 1.807) is 24.3 Å². The fourth-order valence-electron chi connectivity index (χ4n) is 2.61. The quantitative estimate of drug-likeness (QED) is 0.791.